The molecule has 0 amide bonds. The molecular formula is C19H23BrO5S. The fourth-order valence-corrected chi connectivity index (χ4v) is 3.99. The number of aryl methyl sites for hydroxylation is 1. The Morgan fingerprint density at radius 3 is 2.62 bits per heavy atom. The van der Waals surface area contributed by atoms with Crippen molar-refractivity contribution in [3.63, 3.8) is 0 Å². The van der Waals surface area contributed by atoms with Gasteiger partial charge in [0.2, 0.25) is 0 Å². The summed E-state index contributed by atoms with van der Waals surface area (Å²) in [6, 6.07) is 3.77. The first-order valence-corrected chi connectivity index (χ1v) is 10.3. The van der Waals surface area contributed by atoms with Crippen LogP contribution in [0.5, 0.6) is 11.5 Å². The molecule has 0 spiro atoms. The van der Waals surface area contributed by atoms with E-state index < -0.39 is 5.92 Å². The number of Topliss-reactive ketones (excluding diaryl/α,β-unsaturated/α-hetero) is 1. The predicted molar refractivity (Wildman–Crippen MR) is 107 cm³/mol. The molecule has 1 unspecified atom stereocenters. The summed E-state index contributed by atoms with van der Waals surface area (Å²) in [4.78, 5) is 24.7. The number of hydrogen-bond acceptors (Lipinski definition) is 6. The highest BCUT2D eigenvalue weighted by atomic mass is 79.9. The quantitative estimate of drug-likeness (QED) is 0.242. The molecule has 142 valence electrons. The van der Waals surface area contributed by atoms with Crippen molar-refractivity contribution in [2.45, 2.75) is 26.7 Å². The summed E-state index contributed by atoms with van der Waals surface area (Å²) in [6.45, 7) is 4.24. The summed E-state index contributed by atoms with van der Waals surface area (Å²) in [6.07, 6.45) is 1.02. The smallest absolute Gasteiger partial charge is 0.308 e. The van der Waals surface area contributed by atoms with Crippen LogP contribution in [0.2, 0.25) is 0 Å². The van der Waals surface area contributed by atoms with Crippen LogP contribution in [0.25, 0.3) is 10.1 Å². The number of hydrogen-bond donors (Lipinski definition) is 0. The van der Waals surface area contributed by atoms with Crippen molar-refractivity contribution < 1.29 is 23.8 Å². The van der Waals surface area contributed by atoms with Gasteiger partial charge in [-0.25, -0.2) is 0 Å². The molecule has 0 radical (unpaired) electrons. The van der Waals surface area contributed by atoms with Gasteiger partial charge in [0.25, 0.3) is 0 Å². The maximum absolute atomic E-state index is 12.5. The number of fused-ring (bicyclic) bond motifs is 1. The molecule has 0 bridgehead atoms. The van der Waals surface area contributed by atoms with E-state index in [2.05, 4.69) is 15.9 Å². The zero-order valence-electron chi connectivity index (χ0n) is 15.4. The van der Waals surface area contributed by atoms with Gasteiger partial charge in [-0.3, -0.25) is 9.59 Å². The van der Waals surface area contributed by atoms with Gasteiger partial charge in [0.1, 0.15) is 0 Å². The van der Waals surface area contributed by atoms with Gasteiger partial charge >= 0.3 is 5.97 Å². The number of carbonyl (C=O) groups excluding carboxylic acids is 2. The molecule has 0 aliphatic rings. The van der Waals surface area contributed by atoms with Gasteiger partial charge < -0.3 is 14.2 Å². The van der Waals surface area contributed by atoms with Gasteiger partial charge in [-0.2, -0.15) is 0 Å². The van der Waals surface area contributed by atoms with Crippen LogP contribution in [-0.2, 0) is 9.53 Å². The minimum atomic E-state index is -0.462. The molecular weight excluding hydrogens is 420 g/mol. The van der Waals surface area contributed by atoms with Gasteiger partial charge in [-0.15, -0.1) is 11.3 Å². The number of methoxy groups -OCH3 is 2. The van der Waals surface area contributed by atoms with Crippen molar-refractivity contribution in [3.8, 4) is 11.5 Å². The van der Waals surface area contributed by atoms with Crippen LogP contribution in [0, 0.1) is 12.8 Å². The fraction of sp³-hybridized carbons (Fsp3) is 0.474. The molecule has 0 saturated carbocycles. The molecule has 2 aromatic rings. The van der Waals surface area contributed by atoms with Gasteiger partial charge in [-0.05, 0) is 19.4 Å². The Hall–Kier alpha value is -1.60. The third-order valence-electron chi connectivity index (χ3n) is 4.11. The minimum absolute atomic E-state index is 0.0655. The molecule has 1 atom stereocenters. The van der Waals surface area contributed by atoms with Crippen molar-refractivity contribution in [2.24, 2.45) is 5.92 Å². The number of alkyl halides is 1. The third kappa shape index (κ3) is 4.57. The second kappa shape index (κ2) is 9.37. The van der Waals surface area contributed by atoms with Crippen LogP contribution >= 0.6 is 27.3 Å². The Balaban J connectivity index is 2.33. The fourth-order valence-electron chi connectivity index (χ4n) is 2.66. The maximum Gasteiger partial charge on any atom is 0.308 e. The summed E-state index contributed by atoms with van der Waals surface area (Å²) >= 11 is 4.79. The lowest BCUT2D eigenvalue weighted by Crippen LogP contribution is -2.16. The van der Waals surface area contributed by atoms with Gasteiger partial charge in [-0.1, -0.05) is 22.9 Å². The second-order valence-electron chi connectivity index (χ2n) is 6.00. The Bertz CT molecular complexity index is 799. The number of ketones is 1. The molecule has 0 N–H and O–H groups in total. The van der Waals surface area contributed by atoms with Crippen LogP contribution in [0.4, 0.5) is 0 Å². The highest BCUT2D eigenvalue weighted by molar-refractivity contribution is 9.09. The van der Waals surface area contributed by atoms with Gasteiger partial charge in [0, 0.05) is 33.5 Å². The average Bonchev–Trinajstić information content (AvgIpc) is 3.07. The lowest BCUT2D eigenvalue weighted by Gasteiger charge is -2.13. The van der Waals surface area contributed by atoms with E-state index in [4.69, 9.17) is 14.2 Å². The topological polar surface area (TPSA) is 61.8 Å². The molecule has 2 rings (SSSR count). The van der Waals surface area contributed by atoms with Crippen molar-refractivity contribution >= 4 is 49.1 Å². The number of rotatable bonds is 9. The first-order chi connectivity index (χ1) is 12.4. The molecule has 0 fully saturated rings. The van der Waals surface area contributed by atoms with Crippen molar-refractivity contribution in [3.05, 3.63) is 22.6 Å². The normalized spacial score (nSPS) is 12.0. The van der Waals surface area contributed by atoms with Crippen molar-refractivity contribution in [2.75, 3.05) is 26.2 Å². The van der Waals surface area contributed by atoms with Gasteiger partial charge in [0.05, 0.1) is 31.6 Å². The molecule has 1 heterocycles. The standard InChI is InChI=1S/C19H23BrO5S/c1-11(19(22)24-4)8-14(21)17-9-13-12(2)18(25-7-5-6-20)15(23-3)10-16(13)26-17/h9-11H,5-8H2,1-4H3. The van der Waals surface area contributed by atoms with E-state index in [0.717, 1.165) is 27.4 Å². The summed E-state index contributed by atoms with van der Waals surface area (Å²) in [7, 11) is 2.94. The first-order valence-electron chi connectivity index (χ1n) is 8.33. The molecule has 0 aliphatic carbocycles. The molecule has 1 aromatic heterocycles. The summed E-state index contributed by atoms with van der Waals surface area (Å²) in [5.41, 5.74) is 0.949. The molecule has 1 aromatic carbocycles. The van der Waals surface area contributed by atoms with Crippen LogP contribution in [0.3, 0.4) is 0 Å². The highest BCUT2D eigenvalue weighted by Gasteiger charge is 2.22. The number of halogens is 1. The molecule has 26 heavy (non-hydrogen) atoms. The number of esters is 1. The molecule has 0 aliphatic heterocycles. The Labute approximate surface area is 165 Å². The van der Waals surface area contributed by atoms with E-state index in [-0.39, 0.29) is 18.2 Å². The molecule has 5 nitrogen and oxygen atoms in total. The summed E-state index contributed by atoms with van der Waals surface area (Å²) in [5.74, 6) is 0.467. The lowest BCUT2D eigenvalue weighted by atomic mass is 10.0. The number of benzene rings is 1. The Morgan fingerprint density at radius 2 is 2.00 bits per heavy atom. The lowest BCUT2D eigenvalue weighted by molar-refractivity contribution is -0.144. The summed E-state index contributed by atoms with van der Waals surface area (Å²) in [5, 5.41) is 1.84. The number of carbonyl (C=O) groups is 2. The van der Waals surface area contributed by atoms with Crippen LogP contribution < -0.4 is 9.47 Å². The Kier molecular flexibility index (Phi) is 7.46. The minimum Gasteiger partial charge on any atom is -0.493 e. The zero-order valence-corrected chi connectivity index (χ0v) is 17.8. The van der Waals surface area contributed by atoms with Crippen LogP contribution in [0.15, 0.2) is 12.1 Å². The number of thiophene rings is 1. The second-order valence-corrected chi connectivity index (χ2v) is 7.87. The predicted octanol–water partition coefficient (Wildman–Crippen LogP) is 4.76. The van der Waals surface area contributed by atoms with E-state index in [1.165, 1.54) is 18.4 Å². The van der Waals surface area contributed by atoms with Crippen molar-refractivity contribution in [1.82, 2.24) is 0 Å². The van der Waals surface area contributed by atoms with E-state index in [1.54, 1.807) is 14.0 Å². The van der Waals surface area contributed by atoms with Crippen LogP contribution in [-0.4, -0.2) is 37.9 Å². The first kappa shape index (κ1) is 20.7. The number of ether oxygens (including phenoxy) is 3. The van der Waals surface area contributed by atoms with E-state index in [1.807, 2.05) is 19.1 Å². The Morgan fingerprint density at radius 1 is 1.27 bits per heavy atom. The monoisotopic (exact) mass is 442 g/mol. The van der Waals surface area contributed by atoms with Gasteiger partial charge in [0.15, 0.2) is 17.3 Å². The average molecular weight is 443 g/mol. The molecule has 7 heteroatoms. The summed E-state index contributed by atoms with van der Waals surface area (Å²) < 4.78 is 17.0. The van der Waals surface area contributed by atoms with Crippen LogP contribution in [0.1, 0.15) is 35.0 Å². The van der Waals surface area contributed by atoms with E-state index in [9.17, 15) is 9.59 Å². The highest BCUT2D eigenvalue weighted by Crippen LogP contribution is 2.41. The molecule has 0 saturated heterocycles. The van der Waals surface area contributed by atoms with E-state index >= 15 is 0 Å². The zero-order chi connectivity index (χ0) is 19.3. The third-order valence-corrected chi connectivity index (χ3v) is 5.79. The van der Waals surface area contributed by atoms with E-state index in [0.29, 0.717) is 23.0 Å². The SMILES string of the molecule is COC(=O)C(C)CC(=O)c1cc2c(C)c(OCCCBr)c(OC)cc2s1. The largest absolute Gasteiger partial charge is 0.493 e. The maximum atomic E-state index is 12.5. The van der Waals surface area contributed by atoms with Crippen molar-refractivity contribution in [1.29, 1.82) is 0 Å².